The van der Waals surface area contributed by atoms with Gasteiger partial charge in [-0.15, -0.1) is 11.3 Å². The van der Waals surface area contributed by atoms with Crippen molar-refractivity contribution >= 4 is 11.3 Å². The lowest BCUT2D eigenvalue weighted by molar-refractivity contribution is -0.169. The van der Waals surface area contributed by atoms with Gasteiger partial charge in [-0.1, -0.05) is 12.1 Å². The molecule has 5 rings (SSSR count). The normalized spacial score (nSPS) is 22.5. The van der Waals surface area contributed by atoms with E-state index in [4.69, 9.17) is 9.47 Å². The Kier molecular flexibility index (Phi) is 6.16. The van der Waals surface area contributed by atoms with E-state index in [2.05, 4.69) is 4.98 Å². The predicted octanol–water partition coefficient (Wildman–Crippen LogP) is 6.92. The number of halogens is 4. The van der Waals surface area contributed by atoms with Crippen molar-refractivity contribution in [1.82, 2.24) is 4.98 Å². The van der Waals surface area contributed by atoms with Crippen LogP contribution in [0.3, 0.4) is 0 Å². The van der Waals surface area contributed by atoms with Gasteiger partial charge >= 0.3 is 0 Å². The maximum atomic E-state index is 15.4. The number of benzene rings is 2. The highest BCUT2D eigenvalue weighted by Crippen LogP contribution is 2.54. The van der Waals surface area contributed by atoms with Crippen molar-refractivity contribution in [2.24, 2.45) is 0 Å². The first-order valence-electron chi connectivity index (χ1n) is 11.2. The summed E-state index contributed by atoms with van der Waals surface area (Å²) in [5.41, 5.74) is 4.88. The SMILES string of the molecule is COCO[C@H]1c2c(-c3scnc3C)ccc([C@H]3CC[C@H](F)c4cc(F)cc(C#N)c43)c2CC1(F)F. The molecular weight excluding hydrogens is 480 g/mol. The number of hydrogen-bond donors (Lipinski definition) is 0. The van der Waals surface area contributed by atoms with Gasteiger partial charge in [0.2, 0.25) is 0 Å². The molecule has 3 atom stereocenters. The summed E-state index contributed by atoms with van der Waals surface area (Å²) in [6, 6.07) is 7.72. The van der Waals surface area contributed by atoms with Gasteiger partial charge < -0.3 is 9.47 Å². The third-order valence-electron chi connectivity index (χ3n) is 6.86. The summed E-state index contributed by atoms with van der Waals surface area (Å²) in [4.78, 5) is 5.04. The van der Waals surface area contributed by atoms with Crippen LogP contribution in [0.4, 0.5) is 17.6 Å². The third kappa shape index (κ3) is 3.94. The molecule has 4 nitrogen and oxygen atoms in total. The second kappa shape index (κ2) is 9.01. The summed E-state index contributed by atoms with van der Waals surface area (Å²) in [5.74, 6) is -4.41. The highest BCUT2D eigenvalue weighted by molar-refractivity contribution is 7.13. The van der Waals surface area contributed by atoms with Crippen LogP contribution < -0.4 is 0 Å². The van der Waals surface area contributed by atoms with Crippen LogP contribution in [0.15, 0.2) is 29.8 Å². The number of aryl methyl sites for hydroxylation is 1. The Morgan fingerprint density at radius 1 is 1.20 bits per heavy atom. The molecule has 2 aromatic carbocycles. The molecule has 0 radical (unpaired) electrons. The van der Waals surface area contributed by atoms with E-state index in [9.17, 15) is 14.0 Å². The van der Waals surface area contributed by atoms with E-state index >= 15 is 8.78 Å². The fourth-order valence-corrected chi connectivity index (χ4v) is 6.29. The summed E-state index contributed by atoms with van der Waals surface area (Å²) >= 11 is 1.36. The van der Waals surface area contributed by atoms with Gasteiger partial charge in [-0.25, -0.2) is 22.5 Å². The molecule has 182 valence electrons. The van der Waals surface area contributed by atoms with Crippen molar-refractivity contribution in [3.63, 3.8) is 0 Å². The summed E-state index contributed by atoms with van der Waals surface area (Å²) in [6.45, 7) is 1.51. The zero-order valence-corrected chi connectivity index (χ0v) is 19.9. The van der Waals surface area contributed by atoms with Crippen molar-refractivity contribution in [3.8, 4) is 16.5 Å². The van der Waals surface area contributed by atoms with Gasteiger partial charge in [-0.3, -0.25) is 0 Å². The van der Waals surface area contributed by atoms with E-state index in [0.29, 0.717) is 34.2 Å². The number of nitriles is 1. The van der Waals surface area contributed by atoms with Gasteiger partial charge in [0.15, 0.2) is 0 Å². The van der Waals surface area contributed by atoms with Gasteiger partial charge in [0.1, 0.15) is 24.9 Å². The van der Waals surface area contributed by atoms with E-state index < -0.39 is 36.4 Å². The molecule has 2 aliphatic rings. The quantitative estimate of drug-likeness (QED) is 0.281. The Hall–Kier alpha value is -2.80. The third-order valence-corrected chi connectivity index (χ3v) is 7.82. The number of hydrogen-bond acceptors (Lipinski definition) is 5. The second-order valence-electron chi connectivity index (χ2n) is 8.92. The van der Waals surface area contributed by atoms with Gasteiger partial charge in [0, 0.05) is 19.4 Å². The summed E-state index contributed by atoms with van der Waals surface area (Å²) in [7, 11) is 1.37. The van der Waals surface area contributed by atoms with Crippen molar-refractivity contribution in [2.45, 2.75) is 50.3 Å². The van der Waals surface area contributed by atoms with Crippen LogP contribution in [0, 0.1) is 24.1 Å². The highest BCUT2D eigenvalue weighted by Gasteiger charge is 2.51. The molecule has 0 saturated heterocycles. The zero-order valence-electron chi connectivity index (χ0n) is 19.1. The van der Waals surface area contributed by atoms with Crippen LogP contribution in [0.1, 0.15) is 70.1 Å². The number of aromatic nitrogens is 1. The molecule has 0 N–H and O–H groups in total. The lowest BCUT2D eigenvalue weighted by Crippen LogP contribution is -2.25. The molecule has 0 spiro atoms. The minimum absolute atomic E-state index is 0.0282. The Labute approximate surface area is 204 Å². The number of methoxy groups -OCH3 is 1. The van der Waals surface area contributed by atoms with Gasteiger partial charge in [-0.2, -0.15) is 5.26 Å². The van der Waals surface area contributed by atoms with Crippen molar-refractivity contribution < 1.29 is 27.0 Å². The minimum atomic E-state index is -3.20. The first-order chi connectivity index (χ1) is 16.8. The Morgan fingerprint density at radius 2 is 2.00 bits per heavy atom. The summed E-state index contributed by atoms with van der Waals surface area (Å²) in [6.07, 6.45) is -3.10. The van der Waals surface area contributed by atoms with Crippen molar-refractivity contribution in [2.75, 3.05) is 13.9 Å². The molecule has 35 heavy (non-hydrogen) atoms. The number of alkyl halides is 3. The van der Waals surface area contributed by atoms with Gasteiger partial charge in [0.05, 0.1) is 27.7 Å². The van der Waals surface area contributed by atoms with Crippen LogP contribution >= 0.6 is 11.3 Å². The maximum Gasteiger partial charge on any atom is 0.281 e. The first kappa shape index (κ1) is 23.9. The van der Waals surface area contributed by atoms with E-state index in [1.807, 2.05) is 13.0 Å². The largest absolute Gasteiger partial charge is 0.359 e. The molecule has 0 saturated carbocycles. The number of thiazole rings is 1. The Morgan fingerprint density at radius 3 is 2.69 bits per heavy atom. The number of fused-ring (bicyclic) bond motifs is 2. The molecule has 0 fully saturated rings. The van der Waals surface area contributed by atoms with Crippen molar-refractivity contribution in [1.29, 1.82) is 5.26 Å². The van der Waals surface area contributed by atoms with Gasteiger partial charge in [0.25, 0.3) is 5.92 Å². The predicted molar refractivity (Wildman–Crippen MR) is 123 cm³/mol. The standard InChI is InChI=1S/C26H22F4N2O2S/c1-13-24(35-11-32-13)18-4-3-16(20-9-26(29,30)25(23(18)20)34-12-33-2)17-5-6-21(28)19-8-15(27)7-14(10-31)22(17)19/h3-4,7-8,11,17,21,25H,5-6,9,12H2,1-2H3/t17-,21+,25+/m1/s1. The zero-order chi connectivity index (χ0) is 24.9. The molecule has 1 heterocycles. The number of rotatable bonds is 5. The fraction of sp³-hybridized carbons (Fsp3) is 0.385. The lowest BCUT2D eigenvalue weighted by Gasteiger charge is -2.31. The molecule has 0 aliphatic heterocycles. The Bertz CT molecular complexity index is 1330. The van der Waals surface area contributed by atoms with Gasteiger partial charge in [-0.05, 0) is 65.3 Å². The molecular formula is C26H22F4N2O2S. The minimum Gasteiger partial charge on any atom is -0.359 e. The topological polar surface area (TPSA) is 55.1 Å². The highest BCUT2D eigenvalue weighted by atomic mass is 32.1. The average molecular weight is 503 g/mol. The van der Waals surface area contributed by atoms with Crippen LogP contribution in [-0.2, 0) is 15.9 Å². The molecule has 0 bridgehead atoms. The summed E-state index contributed by atoms with van der Waals surface area (Å²) < 4.78 is 70.2. The van der Waals surface area contributed by atoms with E-state index in [0.717, 1.165) is 22.7 Å². The first-order valence-corrected chi connectivity index (χ1v) is 12.1. The van der Waals surface area contributed by atoms with Crippen LogP contribution in [-0.4, -0.2) is 24.8 Å². The van der Waals surface area contributed by atoms with E-state index in [-0.39, 0.29) is 24.3 Å². The number of ether oxygens (including phenoxy) is 2. The fourth-order valence-electron chi connectivity index (χ4n) is 5.45. The lowest BCUT2D eigenvalue weighted by atomic mass is 9.74. The smallest absolute Gasteiger partial charge is 0.281 e. The van der Waals surface area contributed by atoms with E-state index in [1.54, 1.807) is 17.6 Å². The molecule has 2 aliphatic carbocycles. The van der Waals surface area contributed by atoms with Crippen LogP contribution in [0.25, 0.3) is 10.4 Å². The molecule has 0 amide bonds. The van der Waals surface area contributed by atoms with Crippen molar-refractivity contribution in [3.05, 3.63) is 74.7 Å². The molecule has 3 aromatic rings. The van der Waals surface area contributed by atoms with Crippen LogP contribution in [0.2, 0.25) is 0 Å². The molecule has 0 unspecified atom stereocenters. The monoisotopic (exact) mass is 502 g/mol. The van der Waals surface area contributed by atoms with Crippen LogP contribution in [0.5, 0.6) is 0 Å². The molecule has 9 heteroatoms. The average Bonchev–Trinajstić information content (AvgIpc) is 3.36. The molecule has 1 aromatic heterocycles. The Balaban J connectivity index is 1.75. The summed E-state index contributed by atoms with van der Waals surface area (Å²) in [5, 5.41) is 9.69. The second-order valence-corrected chi connectivity index (χ2v) is 9.77. The maximum absolute atomic E-state index is 15.4. The van der Waals surface area contributed by atoms with E-state index in [1.165, 1.54) is 18.4 Å². The number of nitrogens with zero attached hydrogens (tertiary/aromatic N) is 2.